The molecular weight excluding hydrogens is 347 g/mol. The minimum atomic E-state index is -0.313. The fourth-order valence-corrected chi connectivity index (χ4v) is 4.24. The molecule has 1 aliphatic carbocycles. The summed E-state index contributed by atoms with van der Waals surface area (Å²) in [7, 11) is 1.76. The van der Waals surface area contributed by atoms with Crippen LogP contribution in [0.25, 0.3) is 10.8 Å². The molecule has 2 aromatic carbocycles. The maximum atomic E-state index is 6.20. The quantitative estimate of drug-likeness (QED) is 0.785. The van der Waals surface area contributed by atoms with Crippen LogP contribution in [0.1, 0.15) is 53.4 Å². The third kappa shape index (κ3) is 3.80. The Balaban J connectivity index is 1.48. The molecule has 1 aliphatic heterocycles. The summed E-state index contributed by atoms with van der Waals surface area (Å²) in [5.41, 5.74) is 1.67. The second kappa shape index (κ2) is 7.36. The number of fused-ring (bicyclic) bond motifs is 1. The van der Waals surface area contributed by atoms with Crippen LogP contribution in [-0.2, 0) is 9.31 Å². The number of nitrogens with one attached hydrogen (secondary N) is 2. The number of hydrogen-bond donors (Lipinski definition) is 2. The molecule has 0 aromatic heterocycles. The molecule has 0 atom stereocenters. The van der Waals surface area contributed by atoms with E-state index < -0.39 is 0 Å². The highest BCUT2D eigenvalue weighted by Gasteiger charge is 2.51. The molecule has 1 saturated heterocycles. The van der Waals surface area contributed by atoms with E-state index in [0.29, 0.717) is 12.1 Å². The Hall–Kier alpha value is -1.56. The van der Waals surface area contributed by atoms with Gasteiger partial charge in [-0.05, 0) is 88.8 Å². The van der Waals surface area contributed by atoms with Crippen LogP contribution in [0.5, 0.6) is 0 Å². The van der Waals surface area contributed by atoms with Gasteiger partial charge in [0.15, 0.2) is 0 Å². The average Bonchev–Trinajstić information content (AvgIpc) is 2.89. The molecule has 0 bridgehead atoms. The summed E-state index contributed by atoms with van der Waals surface area (Å²) >= 11 is 0. The van der Waals surface area contributed by atoms with Crippen molar-refractivity contribution >= 4 is 29.0 Å². The van der Waals surface area contributed by atoms with E-state index >= 15 is 0 Å². The fourth-order valence-electron chi connectivity index (χ4n) is 4.24. The molecular formula is C23H33BN2O2. The van der Waals surface area contributed by atoms with Crippen LogP contribution in [0.2, 0.25) is 0 Å². The van der Waals surface area contributed by atoms with Crippen molar-refractivity contribution in [2.24, 2.45) is 0 Å². The first-order valence-corrected chi connectivity index (χ1v) is 10.6. The van der Waals surface area contributed by atoms with Gasteiger partial charge in [-0.15, -0.1) is 0 Å². The van der Waals surface area contributed by atoms with Gasteiger partial charge in [-0.1, -0.05) is 24.3 Å². The molecule has 0 radical (unpaired) electrons. The van der Waals surface area contributed by atoms with Crippen LogP contribution in [0.15, 0.2) is 36.4 Å². The first-order chi connectivity index (χ1) is 13.3. The maximum absolute atomic E-state index is 6.20. The summed E-state index contributed by atoms with van der Waals surface area (Å²) in [6.45, 7) is 8.37. The molecule has 4 nitrogen and oxygen atoms in total. The lowest BCUT2D eigenvalue weighted by atomic mass is 9.78. The fraction of sp³-hybridized carbons (Fsp3) is 0.565. The standard InChI is InChI=1S/C23H33BN2O2/c1-22(2)23(3,4)28-24(27-22)18-8-6-17-15-21(9-7-16(17)14-18)26-20-12-10-19(25-5)11-13-20/h6-9,14-15,19-20,25-26H,10-13H2,1-5H3. The molecule has 150 valence electrons. The number of benzene rings is 2. The van der Waals surface area contributed by atoms with Crippen LogP contribution in [0.3, 0.4) is 0 Å². The molecule has 5 heteroatoms. The molecule has 2 N–H and O–H groups in total. The highest BCUT2D eigenvalue weighted by Crippen LogP contribution is 2.36. The molecule has 28 heavy (non-hydrogen) atoms. The van der Waals surface area contributed by atoms with Gasteiger partial charge in [-0.2, -0.15) is 0 Å². The number of anilines is 1. The van der Waals surface area contributed by atoms with Gasteiger partial charge in [0.05, 0.1) is 11.2 Å². The van der Waals surface area contributed by atoms with Gasteiger partial charge in [-0.25, -0.2) is 0 Å². The summed E-state index contributed by atoms with van der Waals surface area (Å²) in [5, 5.41) is 9.60. The van der Waals surface area contributed by atoms with E-state index in [4.69, 9.17) is 9.31 Å². The third-order valence-corrected chi connectivity index (χ3v) is 6.90. The van der Waals surface area contributed by atoms with Crippen LogP contribution in [0.4, 0.5) is 5.69 Å². The Morgan fingerprint density at radius 2 is 1.39 bits per heavy atom. The van der Waals surface area contributed by atoms with Gasteiger partial charge in [0.25, 0.3) is 0 Å². The van der Waals surface area contributed by atoms with Crippen LogP contribution in [-0.4, -0.2) is 37.5 Å². The van der Waals surface area contributed by atoms with Crippen molar-refractivity contribution in [2.45, 2.75) is 76.7 Å². The lowest BCUT2D eigenvalue weighted by molar-refractivity contribution is 0.00578. The van der Waals surface area contributed by atoms with Crippen molar-refractivity contribution in [1.82, 2.24) is 5.32 Å². The first kappa shape index (κ1) is 19.7. The van der Waals surface area contributed by atoms with E-state index in [2.05, 4.69) is 81.8 Å². The van der Waals surface area contributed by atoms with E-state index in [-0.39, 0.29) is 18.3 Å². The van der Waals surface area contributed by atoms with E-state index in [1.807, 2.05) is 0 Å². The van der Waals surface area contributed by atoms with Crippen molar-refractivity contribution in [3.05, 3.63) is 36.4 Å². The predicted molar refractivity (Wildman–Crippen MR) is 118 cm³/mol. The van der Waals surface area contributed by atoms with Gasteiger partial charge in [0, 0.05) is 17.8 Å². The first-order valence-electron chi connectivity index (χ1n) is 10.6. The topological polar surface area (TPSA) is 42.5 Å². The SMILES string of the molecule is CNC1CCC(Nc2ccc3cc(B4OC(C)(C)C(C)(C)O4)ccc3c2)CC1. The van der Waals surface area contributed by atoms with Crippen molar-refractivity contribution in [3.63, 3.8) is 0 Å². The molecule has 0 spiro atoms. The van der Waals surface area contributed by atoms with E-state index in [0.717, 1.165) is 5.46 Å². The lowest BCUT2D eigenvalue weighted by Gasteiger charge is -2.32. The van der Waals surface area contributed by atoms with Gasteiger partial charge < -0.3 is 19.9 Å². The average molecular weight is 380 g/mol. The summed E-state index contributed by atoms with van der Waals surface area (Å²) in [5.74, 6) is 0. The van der Waals surface area contributed by atoms with E-state index in [1.165, 1.54) is 42.1 Å². The monoisotopic (exact) mass is 380 g/mol. The number of rotatable bonds is 4. The van der Waals surface area contributed by atoms with E-state index in [1.54, 1.807) is 0 Å². The molecule has 2 fully saturated rings. The number of hydrogen-bond acceptors (Lipinski definition) is 4. The van der Waals surface area contributed by atoms with Crippen molar-refractivity contribution in [3.8, 4) is 0 Å². The lowest BCUT2D eigenvalue weighted by Crippen LogP contribution is -2.41. The summed E-state index contributed by atoms with van der Waals surface area (Å²) in [6, 6.07) is 14.4. The molecule has 1 saturated carbocycles. The Kier molecular flexibility index (Phi) is 5.19. The van der Waals surface area contributed by atoms with Crippen LogP contribution in [0, 0.1) is 0 Å². The van der Waals surface area contributed by atoms with Gasteiger partial charge in [0.2, 0.25) is 0 Å². The predicted octanol–water partition coefficient (Wildman–Crippen LogP) is 4.08. The van der Waals surface area contributed by atoms with Gasteiger partial charge in [-0.3, -0.25) is 0 Å². The normalized spacial score (nSPS) is 26.5. The minimum absolute atomic E-state index is 0.311. The Morgan fingerprint density at radius 1 is 0.821 bits per heavy atom. The Bertz CT molecular complexity index is 828. The molecule has 0 amide bonds. The zero-order valence-corrected chi connectivity index (χ0v) is 17.8. The smallest absolute Gasteiger partial charge is 0.399 e. The van der Waals surface area contributed by atoms with Gasteiger partial charge >= 0.3 is 7.12 Å². The Labute approximate surface area is 169 Å². The molecule has 2 aliphatic rings. The van der Waals surface area contributed by atoms with Crippen molar-refractivity contribution in [2.75, 3.05) is 12.4 Å². The second-order valence-corrected chi connectivity index (χ2v) is 9.39. The molecule has 0 unspecified atom stereocenters. The minimum Gasteiger partial charge on any atom is -0.399 e. The zero-order valence-electron chi connectivity index (χ0n) is 17.8. The zero-order chi connectivity index (χ0) is 19.9. The highest BCUT2D eigenvalue weighted by atomic mass is 16.7. The largest absolute Gasteiger partial charge is 0.494 e. The molecule has 4 rings (SSSR count). The molecule has 1 heterocycles. The Morgan fingerprint density at radius 3 is 2.04 bits per heavy atom. The van der Waals surface area contributed by atoms with Gasteiger partial charge in [0.1, 0.15) is 0 Å². The molecule has 2 aromatic rings. The van der Waals surface area contributed by atoms with Crippen molar-refractivity contribution < 1.29 is 9.31 Å². The highest BCUT2D eigenvalue weighted by molar-refractivity contribution is 6.62. The maximum Gasteiger partial charge on any atom is 0.494 e. The van der Waals surface area contributed by atoms with Crippen LogP contribution < -0.4 is 16.1 Å². The summed E-state index contributed by atoms with van der Waals surface area (Å²) in [6.07, 6.45) is 4.95. The third-order valence-electron chi connectivity index (χ3n) is 6.90. The second-order valence-electron chi connectivity index (χ2n) is 9.39. The van der Waals surface area contributed by atoms with Crippen LogP contribution >= 0.6 is 0 Å². The van der Waals surface area contributed by atoms with Crippen molar-refractivity contribution in [1.29, 1.82) is 0 Å². The van der Waals surface area contributed by atoms with E-state index in [9.17, 15) is 0 Å². The summed E-state index contributed by atoms with van der Waals surface area (Å²) < 4.78 is 12.4. The summed E-state index contributed by atoms with van der Waals surface area (Å²) in [4.78, 5) is 0.